The van der Waals surface area contributed by atoms with Crippen molar-refractivity contribution in [3.63, 3.8) is 0 Å². The molecule has 0 heterocycles. The topological polar surface area (TPSA) is 49.3 Å². The summed E-state index contributed by atoms with van der Waals surface area (Å²) < 4.78 is 0. The van der Waals surface area contributed by atoms with Crippen LogP contribution in [0.5, 0.6) is 0 Å². The number of carboxylic acids is 1. The molecule has 1 aromatic rings. The zero-order valence-corrected chi connectivity index (χ0v) is 10.9. The molecule has 0 amide bonds. The van der Waals surface area contributed by atoms with E-state index >= 15 is 0 Å². The Bertz CT molecular complexity index is 384. The lowest BCUT2D eigenvalue weighted by Crippen LogP contribution is -2.14. The standard InChI is InChI=1S/C15H21NO2/c1-3-4-5-10-16-11-13-6-8-14(9-7-13)12(2)15(17)18/h3,6-9,12,16H,1,4-5,10-11H2,2H3,(H,17,18). The lowest BCUT2D eigenvalue weighted by Gasteiger charge is -2.08. The Morgan fingerprint density at radius 2 is 2.11 bits per heavy atom. The molecule has 0 bridgehead atoms. The summed E-state index contributed by atoms with van der Waals surface area (Å²) in [5.41, 5.74) is 2.02. The Morgan fingerprint density at radius 3 is 2.67 bits per heavy atom. The highest BCUT2D eigenvalue weighted by Crippen LogP contribution is 2.15. The predicted octanol–water partition coefficient (Wildman–Crippen LogP) is 2.93. The summed E-state index contributed by atoms with van der Waals surface area (Å²) >= 11 is 0. The van der Waals surface area contributed by atoms with Crippen LogP contribution in [0.25, 0.3) is 0 Å². The molecule has 98 valence electrons. The summed E-state index contributed by atoms with van der Waals surface area (Å²) in [6.07, 6.45) is 4.05. The Morgan fingerprint density at radius 1 is 1.44 bits per heavy atom. The molecule has 18 heavy (non-hydrogen) atoms. The zero-order chi connectivity index (χ0) is 13.4. The van der Waals surface area contributed by atoms with Crippen molar-refractivity contribution in [1.29, 1.82) is 0 Å². The summed E-state index contributed by atoms with van der Waals surface area (Å²) in [5, 5.41) is 12.3. The smallest absolute Gasteiger partial charge is 0.310 e. The van der Waals surface area contributed by atoms with Crippen molar-refractivity contribution in [3.8, 4) is 0 Å². The van der Waals surface area contributed by atoms with Crippen molar-refractivity contribution in [2.24, 2.45) is 0 Å². The van der Waals surface area contributed by atoms with Crippen LogP contribution in [-0.2, 0) is 11.3 Å². The van der Waals surface area contributed by atoms with Crippen molar-refractivity contribution < 1.29 is 9.90 Å². The van der Waals surface area contributed by atoms with Crippen LogP contribution in [0.3, 0.4) is 0 Å². The normalized spacial score (nSPS) is 12.1. The molecule has 0 saturated carbocycles. The van der Waals surface area contributed by atoms with Crippen molar-refractivity contribution >= 4 is 5.97 Å². The SMILES string of the molecule is C=CCCCNCc1ccc(C(C)C(=O)O)cc1. The Labute approximate surface area is 109 Å². The number of nitrogens with one attached hydrogen (secondary N) is 1. The second kappa shape index (κ2) is 7.67. The van der Waals surface area contributed by atoms with Gasteiger partial charge in [-0.1, -0.05) is 30.3 Å². The van der Waals surface area contributed by atoms with Gasteiger partial charge in [0.15, 0.2) is 0 Å². The van der Waals surface area contributed by atoms with Gasteiger partial charge in [0, 0.05) is 6.54 Å². The van der Waals surface area contributed by atoms with Gasteiger partial charge in [0.1, 0.15) is 0 Å². The molecule has 3 nitrogen and oxygen atoms in total. The summed E-state index contributed by atoms with van der Waals surface area (Å²) in [7, 11) is 0. The number of carboxylic acid groups (broad SMARTS) is 1. The maximum absolute atomic E-state index is 10.8. The van der Waals surface area contributed by atoms with Gasteiger partial charge in [-0.05, 0) is 37.4 Å². The zero-order valence-electron chi connectivity index (χ0n) is 10.9. The fourth-order valence-corrected chi connectivity index (χ4v) is 1.67. The van der Waals surface area contributed by atoms with Gasteiger partial charge < -0.3 is 10.4 Å². The van der Waals surface area contributed by atoms with E-state index in [2.05, 4.69) is 11.9 Å². The Hall–Kier alpha value is -1.61. The van der Waals surface area contributed by atoms with Crippen molar-refractivity contribution in [1.82, 2.24) is 5.32 Å². The first kappa shape index (κ1) is 14.5. The highest BCUT2D eigenvalue weighted by Gasteiger charge is 2.12. The van der Waals surface area contributed by atoms with Gasteiger partial charge in [0.2, 0.25) is 0 Å². The van der Waals surface area contributed by atoms with E-state index in [0.29, 0.717) is 0 Å². The highest BCUT2D eigenvalue weighted by molar-refractivity contribution is 5.75. The summed E-state index contributed by atoms with van der Waals surface area (Å²) in [6, 6.07) is 7.74. The van der Waals surface area contributed by atoms with Gasteiger partial charge in [-0.3, -0.25) is 4.79 Å². The fourth-order valence-electron chi connectivity index (χ4n) is 1.67. The molecule has 0 aliphatic heterocycles. The van der Waals surface area contributed by atoms with E-state index in [1.54, 1.807) is 6.92 Å². The van der Waals surface area contributed by atoms with E-state index in [0.717, 1.165) is 31.5 Å². The quantitative estimate of drug-likeness (QED) is 0.548. The third kappa shape index (κ3) is 4.72. The molecule has 2 N–H and O–H groups in total. The molecule has 0 radical (unpaired) electrons. The van der Waals surface area contributed by atoms with E-state index in [9.17, 15) is 4.79 Å². The molecule has 0 spiro atoms. The van der Waals surface area contributed by atoms with E-state index in [1.165, 1.54) is 5.56 Å². The van der Waals surface area contributed by atoms with Gasteiger partial charge in [0.05, 0.1) is 5.92 Å². The van der Waals surface area contributed by atoms with Crippen molar-refractivity contribution in [2.45, 2.75) is 32.2 Å². The first-order valence-corrected chi connectivity index (χ1v) is 6.28. The van der Waals surface area contributed by atoms with Crippen LogP contribution in [0.1, 0.15) is 36.8 Å². The minimum atomic E-state index is -0.787. The van der Waals surface area contributed by atoms with Crippen LogP contribution in [0.15, 0.2) is 36.9 Å². The average Bonchev–Trinajstić information content (AvgIpc) is 2.38. The van der Waals surface area contributed by atoms with E-state index in [4.69, 9.17) is 5.11 Å². The number of hydrogen-bond donors (Lipinski definition) is 2. The van der Waals surface area contributed by atoms with Gasteiger partial charge in [-0.25, -0.2) is 0 Å². The molecule has 0 aromatic heterocycles. The van der Waals surface area contributed by atoms with E-state index < -0.39 is 11.9 Å². The Kier molecular flexibility index (Phi) is 6.15. The number of benzene rings is 1. The molecule has 3 heteroatoms. The van der Waals surface area contributed by atoms with Gasteiger partial charge >= 0.3 is 5.97 Å². The molecular formula is C15H21NO2. The van der Waals surface area contributed by atoms with Gasteiger partial charge in [-0.15, -0.1) is 6.58 Å². The monoisotopic (exact) mass is 247 g/mol. The van der Waals surface area contributed by atoms with Gasteiger partial charge in [0.25, 0.3) is 0 Å². The minimum absolute atomic E-state index is 0.445. The van der Waals surface area contributed by atoms with E-state index in [1.807, 2.05) is 30.3 Å². The molecule has 1 unspecified atom stereocenters. The lowest BCUT2D eigenvalue weighted by molar-refractivity contribution is -0.138. The molecular weight excluding hydrogens is 226 g/mol. The van der Waals surface area contributed by atoms with Crippen LogP contribution in [0, 0.1) is 0 Å². The lowest BCUT2D eigenvalue weighted by atomic mass is 10.00. The maximum Gasteiger partial charge on any atom is 0.310 e. The number of allylic oxidation sites excluding steroid dienone is 1. The number of hydrogen-bond acceptors (Lipinski definition) is 2. The van der Waals surface area contributed by atoms with Crippen molar-refractivity contribution in [2.75, 3.05) is 6.54 Å². The van der Waals surface area contributed by atoms with Crippen molar-refractivity contribution in [3.05, 3.63) is 48.0 Å². The number of carbonyl (C=O) groups is 1. The first-order valence-electron chi connectivity index (χ1n) is 6.28. The summed E-state index contributed by atoms with van der Waals surface area (Å²) in [6.45, 7) is 7.17. The van der Waals surface area contributed by atoms with Crippen LogP contribution >= 0.6 is 0 Å². The second-order valence-corrected chi connectivity index (χ2v) is 4.41. The molecule has 1 aromatic carbocycles. The molecule has 0 aliphatic carbocycles. The number of rotatable bonds is 8. The average molecular weight is 247 g/mol. The summed E-state index contributed by atoms with van der Waals surface area (Å²) in [5.74, 6) is -1.23. The molecule has 0 aliphatic rings. The molecule has 0 fully saturated rings. The fraction of sp³-hybridized carbons (Fsp3) is 0.400. The molecule has 0 saturated heterocycles. The number of aliphatic carboxylic acids is 1. The first-order chi connectivity index (χ1) is 8.65. The van der Waals surface area contributed by atoms with Crippen LogP contribution in [0.2, 0.25) is 0 Å². The third-order valence-corrected chi connectivity index (χ3v) is 2.94. The largest absolute Gasteiger partial charge is 0.481 e. The molecule has 1 rings (SSSR count). The van der Waals surface area contributed by atoms with Crippen LogP contribution in [-0.4, -0.2) is 17.6 Å². The third-order valence-electron chi connectivity index (χ3n) is 2.94. The Balaban J connectivity index is 2.40. The van der Waals surface area contributed by atoms with E-state index in [-0.39, 0.29) is 0 Å². The van der Waals surface area contributed by atoms with Crippen LogP contribution in [0.4, 0.5) is 0 Å². The van der Waals surface area contributed by atoms with Gasteiger partial charge in [-0.2, -0.15) is 0 Å². The summed E-state index contributed by atoms with van der Waals surface area (Å²) in [4.78, 5) is 10.8. The number of unbranched alkanes of at least 4 members (excludes halogenated alkanes) is 1. The second-order valence-electron chi connectivity index (χ2n) is 4.41. The minimum Gasteiger partial charge on any atom is -0.481 e. The molecule has 1 atom stereocenters. The predicted molar refractivity (Wildman–Crippen MR) is 73.6 cm³/mol. The highest BCUT2D eigenvalue weighted by atomic mass is 16.4. The maximum atomic E-state index is 10.8. The van der Waals surface area contributed by atoms with Crippen LogP contribution < -0.4 is 5.32 Å².